The van der Waals surface area contributed by atoms with Crippen LogP contribution in [0.15, 0.2) is 29.1 Å². The molecule has 0 spiro atoms. The van der Waals surface area contributed by atoms with Crippen LogP contribution >= 0.6 is 34.5 Å². The second kappa shape index (κ2) is 3.66. The van der Waals surface area contributed by atoms with Gasteiger partial charge in [-0.25, -0.2) is 4.98 Å². The monoisotopic (exact) mass is 229 g/mol. The van der Waals surface area contributed by atoms with E-state index >= 15 is 0 Å². The lowest BCUT2D eigenvalue weighted by Crippen LogP contribution is -1.78. The van der Waals surface area contributed by atoms with Crippen LogP contribution in [-0.2, 0) is 0 Å². The Bertz CT molecular complexity index is 412. The van der Waals surface area contributed by atoms with Crippen molar-refractivity contribution in [1.29, 1.82) is 0 Å². The number of benzene rings is 1. The molecule has 0 atom stereocenters. The van der Waals surface area contributed by atoms with Crippen molar-refractivity contribution in [2.45, 2.75) is 0 Å². The van der Waals surface area contributed by atoms with Gasteiger partial charge in [-0.15, -0.1) is 11.3 Å². The minimum absolute atomic E-state index is 0.637. The van der Waals surface area contributed by atoms with Gasteiger partial charge in [-0.2, -0.15) is 0 Å². The normalized spacial score (nSPS) is 10.3. The van der Waals surface area contributed by atoms with Crippen LogP contribution in [0.25, 0.3) is 11.3 Å². The first kappa shape index (κ1) is 9.00. The third-order valence-corrected chi connectivity index (χ3v) is 2.77. The summed E-state index contributed by atoms with van der Waals surface area (Å²) in [5, 5.41) is 3.23. The molecule has 0 unspecified atom stereocenters. The SMILES string of the molecule is Clc1ccc(-c2cscn2)c(Cl)c1. The van der Waals surface area contributed by atoms with Gasteiger partial charge in [0.15, 0.2) is 0 Å². The van der Waals surface area contributed by atoms with Crippen LogP contribution < -0.4 is 0 Å². The minimum Gasteiger partial charge on any atom is -0.245 e. The first-order valence-electron chi connectivity index (χ1n) is 3.61. The second-order valence-electron chi connectivity index (χ2n) is 2.50. The Kier molecular flexibility index (Phi) is 2.54. The van der Waals surface area contributed by atoms with Crippen LogP contribution in [0.1, 0.15) is 0 Å². The van der Waals surface area contributed by atoms with Crippen molar-refractivity contribution in [3.63, 3.8) is 0 Å². The maximum atomic E-state index is 6.00. The van der Waals surface area contributed by atoms with Crippen molar-refractivity contribution in [2.75, 3.05) is 0 Å². The Morgan fingerprint density at radius 2 is 2.08 bits per heavy atom. The van der Waals surface area contributed by atoms with Crippen molar-refractivity contribution in [2.24, 2.45) is 0 Å². The molecular weight excluding hydrogens is 225 g/mol. The molecule has 13 heavy (non-hydrogen) atoms. The predicted molar refractivity (Wildman–Crippen MR) is 57.6 cm³/mol. The third kappa shape index (κ3) is 1.85. The molecular formula is C9H5Cl2NS. The summed E-state index contributed by atoms with van der Waals surface area (Å²) in [7, 11) is 0. The molecule has 0 aliphatic carbocycles. The molecule has 1 aromatic carbocycles. The van der Waals surface area contributed by atoms with Gasteiger partial charge in [-0.3, -0.25) is 0 Å². The number of aromatic nitrogens is 1. The molecule has 1 heterocycles. The van der Waals surface area contributed by atoms with Crippen LogP contribution in [0.5, 0.6) is 0 Å². The van der Waals surface area contributed by atoms with E-state index in [0.29, 0.717) is 10.0 Å². The number of halogens is 2. The van der Waals surface area contributed by atoms with E-state index in [1.54, 1.807) is 22.9 Å². The van der Waals surface area contributed by atoms with Crippen molar-refractivity contribution in [1.82, 2.24) is 4.98 Å². The Morgan fingerprint density at radius 1 is 1.23 bits per heavy atom. The number of rotatable bonds is 1. The molecule has 1 aromatic heterocycles. The summed E-state index contributed by atoms with van der Waals surface area (Å²) in [5.41, 5.74) is 3.60. The van der Waals surface area contributed by atoms with E-state index in [0.717, 1.165) is 11.3 Å². The number of hydrogen-bond donors (Lipinski definition) is 0. The smallest absolute Gasteiger partial charge is 0.0826 e. The predicted octanol–water partition coefficient (Wildman–Crippen LogP) is 4.12. The molecule has 0 bridgehead atoms. The zero-order valence-electron chi connectivity index (χ0n) is 6.50. The molecule has 0 saturated heterocycles. The van der Waals surface area contributed by atoms with E-state index in [4.69, 9.17) is 23.2 Å². The summed E-state index contributed by atoms with van der Waals surface area (Å²) in [4.78, 5) is 4.17. The molecule has 0 aliphatic heterocycles. The maximum Gasteiger partial charge on any atom is 0.0826 e. The Balaban J connectivity index is 2.53. The lowest BCUT2D eigenvalue weighted by atomic mass is 10.2. The van der Waals surface area contributed by atoms with Crippen LogP contribution in [0.2, 0.25) is 10.0 Å². The summed E-state index contributed by atoms with van der Waals surface area (Å²) >= 11 is 13.3. The average molecular weight is 230 g/mol. The van der Waals surface area contributed by atoms with E-state index in [1.807, 2.05) is 17.5 Å². The summed E-state index contributed by atoms with van der Waals surface area (Å²) in [6.07, 6.45) is 0. The molecule has 0 fully saturated rings. The van der Waals surface area contributed by atoms with Crippen molar-refractivity contribution in [3.8, 4) is 11.3 Å². The van der Waals surface area contributed by atoms with Gasteiger partial charge in [0.2, 0.25) is 0 Å². The highest BCUT2D eigenvalue weighted by Gasteiger charge is 2.04. The maximum absolute atomic E-state index is 6.00. The standard InChI is InChI=1S/C9H5Cl2NS/c10-6-1-2-7(8(11)3-6)9-4-13-5-12-9/h1-5H. The molecule has 2 rings (SSSR count). The average Bonchev–Trinajstić information content (AvgIpc) is 2.56. The van der Waals surface area contributed by atoms with E-state index in [9.17, 15) is 0 Å². The van der Waals surface area contributed by atoms with Gasteiger partial charge in [0.25, 0.3) is 0 Å². The third-order valence-electron chi connectivity index (χ3n) is 1.64. The first-order valence-corrected chi connectivity index (χ1v) is 5.31. The van der Waals surface area contributed by atoms with Crippen LogP contribution in [0.3, 0.4) is 0 Å². The van der Waals surface area contributed by atoms with Gasteiger partial charge in [0, 0.05) is 16.0 Å². The fraction of sp³-hybridized carbons (Fsp3) is 0. The minimum atomic E-state index is 0.637. The number of hydrogen-bond acceptors (Lipinski definition) is 2. The molecule has 0 N–H and O–H groups in total. The van der Waals surface area contributed by atoms with E-state index in [1.165, 1.54) is 0 Å². The number of thiazole rings is 1. The summed E-state index contributed by atoms with van der Waals surface area (Å²) in [5.74, 6) is 0. The summed E-state index contributed by atoms with van der Waals surface area (Å²) in [6.45, 7) is 0. The first-order chi connectivity index (χ1) is 6.27. The van der Waals surface area contributed by atoms with Crippen molar-refractivity contribution in [3.05, 3.63) is 39.1 Å². The van der Waals surface area contributed by atoms with Crippen molar-refractivity contribution < 1.29 is 0 Å². The highest BCUT2D eigenvalue weighted by Crippen LogP contribution is 2.29. The van der Waals surface area contributed by atoms with Gasteiger partial charge in [0.05, 0.1) is 16.2 Å². The fourth-order valence-corrected chi connectivity index (χ4v) is 2.10. The quantitative estimate of drug-likeness (QED) is 0.718. The lowest BCUT2D eigenvalue weighted by Gasteiger charge is -1.99. The Hall–Kier alpha value is -0.570. The van der Waals surface area contributed by atoms with Gasteiger partial charge >= 0.3 is 0 Å². The zero-order chi connectivity index (χ0) is 9.26. The molecule has 0 amide bonds. The van der Waals surface area contributed by atoms with Crippen LogP contribution in [-0.4, -0.2) is 4.98 Å². The topological polar surface area (TPSA) is 12.9 Å². The summed E-state index contributed by atoms with van der Waals surface area (Å²) < 4.78 is 0. The van der Waals surface area contributed by atoms with E-state index in [-0.39, 0.29) is 0 Å². The zero-order valence-corrected chi connectivity index (χ0v) is 8.83. The highest BCUT2D eigenvalue weighted by molar-refractivity contribution is 7.07. The molecule has 66 valence electrons. The fourth-order valence-electron chi connectivity index (χ4n) is 1.04. The Morgan fingerprint density at radius 3 is 2.69 bits per heavy atom. The van der Waals surface area contributed by atoms with E-state index < -0.39 is 0 Å². The summed E-state index contributed by atoms with van der Waals surface area (Å²) in [6, 6.07) is 5.40. The largest absolute Gasteiger partial charge is 0.245 e. The molecule has 2 aromatic rings. The molecule has 1 nitrogen and oxygen atoms in total. The molecule has 0 saturated carbocycles. The lowest BCUT2D eigenvalue weighted by molar-refractivity contribution is 1.41. The van der Waals surface area contributed by atoms with E-state index in [2.05, 4.69) is 4.98 Å². The molecule has 0 aliphatic rings. The second-order valence-corrected chi connectivity index (χ2v) is 4.06. The molecule has 4 heteroatoms. The van der Waals surface area contributed by atoms with Gasteiger partial charge < -0.3 is 0 Å². The van der Waals surface area contributed by atoms with Gasteiger partial charge in [0.1, 0.15) is 0 Å². The molecule has 0 radical (unpaired) electrons. The van der Waals surface area contributed by atoms with Gasteiger partial charge in [-0.1, -0.05) is 23.2 Å². The van der Waals surface area contributed by atoms with Crippen LogP contribution in [0.4, 0.5) is 0 Å². The van der Waals surface area contributed by atoms with Crippen LogP contribution in [0, 0.1) is 0 Å². The highest BCUT2D eigenvalue weighted by atomic mass is 35.5. The number of nitrogens with zero attached hydrogens (tertiary/aromatic N) is 1. The van der Waals surface area contributed by atoms with Gasteiger partial charge in [-0.05, 0) is 18.2 Å². The van der Waals surface area contributed by atoms with Crippen molar-refractivity contribution >= 4 is 34.5 Å². The Labute approximate surface area is 90.0 Å².